The third-order valence-electron chi connectivity index (χ3n) is 5.49. The molecule has 0 saturated carbocycles. The average molecular weight is 564 g/mol. The smallest absolute Gasteiger partial charge is 0.254 e. The Bertz CT molecular complexity index is 1110. The van der Waals surface area contributed by atoms with Crippen molar-refractivity contribution in [1.29, 1.82) is 0 Å². The molecule has 3 N–H and O–H groups in total. The van der Waals surface area contributed by atoms with Crippen LogP contribution in [0.4, 0.5) is 0 Å². The molecule has 166 valence electrons. The molecule has 2 heterocycles. The summed E-state index contributed by atoms with van der Waals surface area (Å²) < 4.78 is 1.76. The molecule has 10 heteroatoms. The van der Waals surface area contributed by atoms with E-state index in [1.54, 1.807) is 24.3 Å². The van der Waals surface area contributed by atoms with Gasteiger partial charge in [0.25, 0.3) is 5.91 Å². The lowest BCUT2D eigenvalue weighted by atomic mass is 9.91. The van der Waals surface area contributed by atoms with Gasteiger partial charge in [-0.3, -0.25) is 14.4 Å². The van der Waals surface area contributed by atoms with E-state index in [4.69, 9.17) is 10.6 Å². The Morgan fingerprint density at radius 1 is 1.16 bits per heavy atom. The van der Waals surface area contributed by atoms with E-state index in [2.05, 4.69) is 42.3 Å². The van der Waals surface area contributed by atoms with Gasteiger partial charge in [0.15, 0.2) is 5.60 Å². The van der Waals surface area contributed by atoms with Crippen molar-refractivity contribution in [2.45, 2.75) is 24.5 Å². The summed E-state index contributed by atoms with van der Waals surface area (Å²) >= 11 is 6.82. The van der Waals surface area contributed by atoms with Crippen LogP contribution in [-0.2, 0) is 14.4 Å². The van der Waals surface area contributed by atoms with Crippen LogP contribution in [0.25, 0.3) is 0 Å². The lowest BCUT2D eigenvalue weighted by Gasteiger charge is -2.24. The molecule has 4 rings (SSSR count). The Morgan fingerprint density at radius 2 is 1.91 bits per heavy atom. The van der Waals surface area contributed by atoms with E-state index in [-0.39, 0.29) is 25.4 Å². The normalized spacial score (nSPS) is 21.9. The minimum Gasteiger partial charge on any atom is -0.387 e. The van der Waals surface area contributed by atoms with Gasteiger partial charge in [0.2, 0.25) is 11.8 Å². The molecular weight excluding hydrogens is 544 g/mol. The predicted octanol–water partition coefficient (Wildman–Crippen LogP) is 2.59. The molecule has 0 radical (unpaired) electrons. The van der Waals surface area contributed by atoms with Crippen LogP contribution in [0.5, 0.6) is 0 Å². The molecule has 0 aliphatic carbocycles. The third kappa shape index (κ3) is 4.71. The van der Waals surface area contributed by atoms with Crippen molar-refractivity contribution in [3.63, 3.8) is 0 Å². The van der Waals surface area contributed by atoms with Crippen molar-refractivity contribution >= 4 is 55.3 Å². The molecule has 2 aliphatic heterocycles. The zero-order valence-electron chi connectivity index (χ0n) is 16.9. The molecule has 1 fully saturated rings. The predicted molar refractivity (Wildman–Crippen MR) is 125 cm³/mol. The fraction of sp³-hybridized carbons (Fsp3) is 0.273. The van der Waals surface area contributed by atoms with E-state index in [0.717, 1.165) is 20.2 Å². The summed E-state index contributed by atoms with van der Waals surface area (Å²) in [5.41, 5.74) is 6.45. The molecule has 2 atom stereocenters. The van der Waals surface area contributed by atoms with Crippen molar-refractivity contribution in [1.82, 2.24) is 10.2 Å². The number of amides is 3. The Morgan fingerprint density at radius 3 is 2.59 bits per heavy atom. The standard InChI is InChI=1S/C22H20Br2N4O4/c23-15-6-4-13(5-7-15)21(31)28-12-22(10-18(28)20(30)26-11-19(25)29)9-17(27-32-22)14-2-1-3-16(24)8-14/h1-8,18H,9-12H2,(H2,25,29)(H,26,30)/t18-,22?/m0/s1. The number of hydrogen-bond donors (Lipinski definition) is 2. The fourth-order valence-corrected chi connectivity index (χ4v) is 4.65. The van der Waals surface area contributed by atoms with Gasteiger partial charge in [0.05, 0.1) is 18.8 Å². The molecule has 1 spiro atoms. The van der Waals surface area contributed by atoms with Crippen LogP contribution in [0.15, 0.2) is 62.6 Å². The molecule has 2 aliphatic rings. The first kappa shape index (κ1) is 22.5. The SMILES string of the molecule is NC(=O)CNC(=O)[C@@H]1CC2(CC(c3cccc(Br)c3)=NO2)CN1C(=O)c1ccc(Br)cc1. The second kappa shape index (κ2) is 9.03. The Labute approximate surface area is 201 Å². The summed E-state index contributed by atoms with van der Waals surface area (Å²) in [6.07, 6.45) is 0.702. The average Bonchev–Trinajstić information content (AvgIpc) is 3.36. The van der Waals surface area contributed by atoms with Gasteiger partial charge >= 0.3 is 0 Å². The number of likely N-dealkylation sites (tertiary alicyclic amines) is 1. The number of carbonyl (C=O) groups is 3. The van der Waals surface area contributed by atoms with E-state index in [9.17, 15) is 14.4 Å². The van der Waals surface area contributed by atoms with E-state index < -0.39 is 23.5 Å². The monoisotopic (exact) mass is 562 g/mol. The molecular formula is C22H20Br2N4O4. The van der Waals surface area contributed by atoms with Gasteiger partial charge in [-0.05, 0) is 36.4 Å². The van der Waals surface area contributed by atoms with Crippen molar-refractivity contribution in [3.05, 3.63) is 68.6 Å². The number of nitrogens with zero attached hydrogens (tertiary/aromatic N) is 2. The van der Waals surface area contributed by atoms with Gasteiger partial charge in [0.1, 0.15) is 6.04 Å². The van der Waals surface area contributed by atoms with Gasteiger partial charge in [-0.15, -0.1) is 0 Å². The largest absolute Gasteiger partial charge is 0.387 e. The van der Waals surface area contributed by atoms with Crippen molar-refractivity contribution < 1.29 is 19.2 Å². The number of primary amides is 1. The van der Waals surface area contributed by atoms with Crippen LogP contribution in [0.2, 0.25) is 0 Å². The Hall–Kier alpha value is -2.72. The van der Waals surface area contributed by atoms with Gasteiger partial charge in [0, 0.05) is 32.9 Å². The highest BCUT2D eigenvalue weighted by atomic mass is 79.9. The number of carbonyl (C=O) groups excluding carboxylic acids is 3. The van der Waals surface area contributed by atoms with E-state index in [1.807, 2.05) is 24.3 Å². The van der Waals surface area contributed by atoms with Crippen molar-refractivity contribution in [3.8, 4) is 0 Å². The summed E-state index contributed by atoms with van der Waals surface area (Å²) in [6.45, 7) is -0.110. The summed E-state index contributed by atoms with van der Waals surface area (Å²) in [6, 6.07) is 13.8. The number of halogens is 2. The molecule has 0 bridgehead atoms. The Kier molecular flexibility index (Phi) is 6.34. The van der Waals surface area contributed by atoms with Gasteiger partial charge in [-0.25, -0.2) is 0 Å². The fourth-order valence-electron chi connectivity index (χ4n) is 3.98. The molecule has 1 saturated heterocycles. The van der Waals surface area contributed by atoms with Crippen LogP contribution < -0.4 is 11.1 Å². The molecule has 32 heavy (non-hydrogen) atoms. The minimum absolute atomic E-state index is 0.192. The summed E-state index contributed by atoms with van der Waals surface area (Å²) in [5.74, 6) is -1.41. The zero-order valence-corrected chi connectivity index (χ0v) is 20.1. The first-order valence-electron chi connectivity index (χ1n) is 9.90. The van der Waals surface area contributed by atoms with Gasteiger partial charge in [-0.2, -0.15) is 0 Å². The number of benzene rings is 2. The molecule has 8 nitrogen and oxygen atoms in total. The summed E-state index contributed by atoms with van der Waals surface area (Å²) in [7, 11) is 0. The Balaban J connectivity index is 1.58. The minimum atomic E-state index is -0.822. The van der Waals surface area contributed by atoms with Gasteiger partial charge in [-0.1, -0.05) is 49.1 Å². The van der Waals surface area contributed by atoms with Gasteiger partial charge < -0.3 is 20.8 Å². The highest BCUT2D eigenvalue weighted by Gasteiger charge is 2.53. The number of nitrogens with two attached hydrogens (primary N) is 1. The summed E-state index contributed by atoms with van der Waals surface area (Å²) in [5, 5.41) is 6.79. The highest BCUT2D eigenvalue weighted by molar-refractivity contribution is 9.10. The van der Waals surface area contributed by atoms with E-state index >= 15 is 0 Å². The zero-order chi connectivity index (χ0) is 22.9. The maximum absolute atomic E-state index is 13.3. The van der Waals surface area contributed by atoms with Crippen molar-refractivity contribution in [2.75, 3.05) is 13.1 Å². The van der Waals surface area contributed by atoms with Crippen LogP contribution in [0, 0.1) is 0 Å². The molecule has 2 aromatic rings. The first-order chi connectivity index (χ1) is 15.3. The van der Waals surface area contributed by atoms with E-state index in [0.29, 0.717) is 12.0 Å². The maximum Gasteiger partial charge on any atom is 0.254 e. The molecule has 1 unspecified atom stereocenters. The summed E-state index contributed by atoms with van der Waals surface area (Å²) in [4.78, 5) is 44.6. The third-order valence-corrected chi connectivity index (χ3v) is 6.51. The van der Waals surface area contributed by atoms with Crippen molar-refractivity contribution in [2.24, 2.45) is 10.9 Å². The number of rotatable bonds is 5. The maximum atomic E-state index is 13.3. The lowest BCUT2D eigenvalue weighted by Crippen LogP contribution is -2.47. The van der Waals surface area contributed by atoms with Crippen LogP contribution in [-0.4, -0.2) is 53.1 Å². The van der Waals surface area contributed by atoms with E-state index in [1.165, 1.54) is 4.90 Å². The van der Waals surface area contributed by atoms with Crippen LogP contribution in [0.1, 0.15) is 28.8 Å². The quantitative estimate of drug-likeness (QED) is 0.582. The number of hydrogen-bond acceptors (Lipinski definition) is 5. The highest BCUT2D eigenvalue weighted by Crippen LogP contribution is 2.39. The number of oxime groups is 1. The second-order valence-corrected chi connectivity index (χ2v) is 9.67. The second-order valence-electron chi connectivity index (χ2n) is 7.84. The van der Waals surface area contributed by atoms with Crippen LogP contribution >= 0.6 is 31.9 Å². The number of nitrogens with one attached hydrogen (secondary N) is 1. The molecule has 3 amide bonds. The lowest BCUT2D eigenvalue weighted by molar-refractivity contribution is -0.127. The molecule has 0 aromatic heterocycles. The topological polar surface area (TPSA) is 114 Å². The van der Waals surface area contributed by atoms with Crippen LogP contribution in [0.3, 0.4) is 0 Å². The molecule has 2 aromatic carbocycles. The first-order valence-corrected chi connectivity index (χ1v) is 11.5.